The third-order valence-corrected chi connectivity index (χ3v) is 3.78. The van der Waals surface area contributed by atoms with Crippen LogP contribution in [0.25, 0.3) is 0 Å². The number of nitrogens with two attached hydrogens (primary N) is 1. The smallest absolute Gasteiger partial charge is 0.368 e. The molecule has 2 atom stereocenters. The maximum absolute atomic E-state index is 12.6. The van der Waals surface area contributed by atoms with Gasteiger partial charge in [-0.2, -0.15) is 13.2 Å². The van der Waals surface area contributed by atoms with Crippen molar-refractivity contribution in [1.82, 2.24) is 10.6 Å². The highest BCUT2D eigenvalue weighted by Gasteiger charge is 2.30. The van der Waals surface area contributed by atoms with Crippen molar-refractivity contribution in [2.75, 3.05) is 0 Å². The van der Waals surface area contributed by atoms with Gasteiger partial charge in [-0.05, 0) is 30.0 Å². The Morgan fingerprint density at radius 1 is 1.04 bits per heavy atom. The van der Waals surface area contributed by atoms with E-state index in [1.807, 2.05) is 13.8 Å². The summed E-state index contributed by atoms with van der Waals surface area (Å²) in [5.41, 5.74) is 4.91. The lowest BCUT2D eigenvalue weighted by Crippen LogP contribution is -2.53. The van der Waals surface area contributed by atoms with Crippen molar-refractivity contribution in [2.45, 2.75) is 51.9 Å². The van der Waals surface area contributed by atoms with Crippen LogP contribution in [-0.4, -0.2) is 29.8 Å². The van der Waals surface area contributed by atoms with Crippen molar-refractivity contribution in [3.8, 4) is 0 Å². The van der Waals surface area contributed by atoms with Crippen LogP contribution in [0.4, 0.5) is 13.2 Å². The van der Waals surface area contributed by atoms with E-state index in [1.165, 1.54) is 19.1 Å². The van der Waals surface area contributed by atoms with Gasteiger partial charge in [-0.3, -0.25) is 14.4 Å². The molecule has 27 heavy (non-hydrogen) atoms. The van der Waals surface area contributed by atoms with Crippen molar-refractivity contribution in [1.29, 1.82) is 0 Å². The van der Waals surface area contributed by atoms with Crippen molar-refractivity contribution in [3.63, 3.8) is 0 Å². The first kappa shape index (κ1) is 22.5. The Labute approximate surface area is 155 Å². The fourth-order valence-corrected chi connectivity index (χ4v) is 2.51. The fourth-order valence-electron chi connectivity index (χ4n) is 2.51. The average Bonchev–Trinajstić information content (AvgIpc) is 2.52. The summed E-state index contributed by atoms with van der Waals surface area (Å²) in [6.07, 6.45) is -4.16. The largest absolute Gasteiger partial charge is 0.416 e. The molecule has 1 rings (SSSR count). The molecule has 0 spiro atoms. The van der Waals surface area contributed by atoms with Crippen LogP contribution in [0.1, 0.15) is 38.3 Å². The summed E-state index contributed by atoms with van der Waals surface area (Å²) in [6.45, 7) is 5.01. The average molecular weight is 387 g/mol. The monoisotopic (exact) mass is 387 g/mol. The van der Waals surface area contributed by atoms with Gasteiger partial charge >= 0.3 is 6.18 Å². The van der Waals surface area contributed by atoms with Gasteiger partial charge in [0.2, 0.25) is 17.7 Å². The number of benzene rings is 1. The van der Waals surface area contributed by atoms with Crippen LogP contribution in [0.5, 0.6) is 0 Å². The van der Waals surface area contributed by atoms with E-state index in [9.17, 15) is 27.6 Å². The number of hydrogen-bond donors (Lipinski definition) is 3. The van der Waals surface area contributed by atoms with Crippen LogP contribution in [0.2, 0.25) is 0 Å². The second-order valence-corrected chi connectivity index (χ2v) is 6.75. The zero-order chi connectivity index (χ0) is 20.8. The highest BCUT2D eigenvalue weighted by Crippen LogP contribution is 2.29. The maximum Gasteiger partial charge on any atom is 0.416 e. The normalized spacial score (nSPS) is 13.7. The Balaban J connectivity index is 2.87. The first-order valence-corrected chi connectivity index (χ1v) is 8.43. The summed E-state index contributed by atoms with van der Waals surface area (Å²) in [6, 6.07) is 2.30. The Kier molecular flexibility index (Phi) is 7.81. The van der Waals surface area contributed by atoms with Crippen LogP contribution in [-0.2, 0) is 27.0 Å². The van der Waals surface area contributed by atoms with Crippen LogP contribution < -0.4 is 16.4 Å². The number of nitrogens with one attached hydrogen (secondary N) is 2. The molecule has 0 aromatic heterocycles. The molecular formula is C18H24F3N3O3. The minimum Gasteiger partial charge on any atom is -0.368 e. The molecule has 0 saturated heterocycles. The minimum atomic E-state index is -4.46. The first-order chi connectivity index (χ1) is 12.4. The van der Waals surface area contributed by atoms with Gasteiger partial charge in [-0.25, -0.2) is 0 Å². The Morgan fingerprint density at radius 3 is 2.00 bits per heavy atom. The maximum atomic E-state index is 12.6. The number of carbonyl (C=O) groups is 3. The van der Waals surface area contributed by atoms with E-state index in [0.29, 0.717) is 12.0 Å². The lowest BCUT2D eigenvalue weighted by Gasteiger charge is -2.23. The summed E-state index contributed by atoms with van der Waals surface area (Å²) in [4.78, 5) is 35.4. The number of rotatable bonds is 8. The number of hydrogen-bond acceptors (Lipinski definition) is 3. The molecule has 9 heteroatoms. The lowest BCUT2D eigenvalue weighted by molar-refractivity contribution is -0.137. The second kappa shape index (κ2) is 9.38. The fraction of sp³-hybridized carbons (Fsp3) is 0.500. The Bertz CT molecular complexity index is 673. The van der Waals surface area contributed by atoms with Gasteiger partial charge in [-0.1, -0.05) is 26.0 Å². The zero-order valence-corrected chi connectivity index (χ0v) is 15.4. The van der Waals surface area contributed by atoms with Crippen molar-refractivity contribution >= 4 is 17.7 Å². The molecule has 1 aromatic rings. The quantitative estimate of drug-likeness (QED) is 0.634. The van der Waals surface area contributed by atoms with Crippen molar-refractivity contribution < 1.29 is 27.6 Å². The molecule has 0 aliphatic rings. The van der Waals surface area contributed by atoms with E-state index in [-0.39, 0.29) is 12.3 Å². The highest BCUT2D eigenvalue weighted by atomic mass is 19.4. The van der Waals surface area contributed by atoms with Gasteiger partial charge in [0.1, 0.15) is 12.1 Å². The van der Waals surface area contributed by atoms with E-state index in [2.05, 4.69) is 10.6 Å². The van der Waals surface area contributed by atoms with E-state index in [0.717, 1.165) is 12.1 Å². The molecule has 4 N–H and O–H groups in total. The predicted octanol–water partition coefficient (Wildman–Crippen LogP) is 1.77. The van der Waals surface area contributed by atoms with E-state index in [4.69, 9.17) is 5.73 Å². The number of halogens is 3. The van der Waals surface area contributed by atoms with E-state index < -0.39 is 41.5 Å². The van der Waals surface area contributed by atoms with Crippen molar-refractivity contribution in [2.24, 2.45) is 11.7 Å². The lowest BCUT2D eigenvalue weighted by atomic mass is 10.0. The molecule has 0 fully saturated rings. The summed E-state index contributed by atoms with van der Waals surface area (Å²) in [7, 11) is 0. The van der Waals surface area contributed by atoms with Gasteiger partial charge in [0.25, 0.3) is 0 Å². The molecule has 6 nitrogen and oxygen atoms in total. The molecule has 0 saturated carbocycles. The molecule has 0 unspecified atom stereocenters. The highest BCUT2D eigenvalue weighted by molar-refractivity contribution is 5.91. The molecule has 0 heterocycles. The standard InChI is InChI=1S/C18H24F3N3O3/c1-10(2)8-15(23-11(3)25)17(27)24-14(16(22)26)9-12-4-6-13(7-5-12)18(19,20)21/h4-7,10,14-15H,8-9H2,1-3H3,(H2,22,26)(H,23,25)(H,24,27)/t14-,15+/m1/s1. The summed E-state index contributed by atoms with van der Waals surface area (Å²) >= 11 is 0. The number of primary amides is 1. The van der Waals surface area contributed by atoms with Gasteiger partial charge < -0.3 is 16.4 Å². The third kappa shape index (κ3) is 7.67. The van der Waals surface area contributed by atoms with Crippen LogP contribution in [0, 0.1) is 5.92 Å². The van der Waals surface area contributed by atoms with Gasteiger partial charge in [0, 0.05) is 13.3 Å². The second-order valence-electron chi connectivity index (χ2n) is 6.75. The summed E-state index contributed by atoms with van der Waals surface area (Å²) in [5.74, 6) is -1.69. The zero-order valence-electron chi connectivity index (χ0n) is 15.4. The molecule has 3 amide bonds. The summed E-state index contributed by atoms with van der Waals surface area (Å²) in [5, 5.41) is 4.99. The van der Waals surface area contributed by atoms with Gasteiger partial charge in [0.15, 0.2) is 0 Å². The molecule has 0 aliphatic carbocycles. The predicted molar refractivity (Wildman–Crippen MR) is 93.3 cm³/mol. The molecule has 0 radical (unpaired) electrons. The van der Waals surface area contributed by atoms with Crippen LogP contribution in [0.15, 0.2) is 24.3 Å². The van der Waals surface area contributed by atoms with Crippen molar-refractivity contribution in [3.05, 3.63) is 35.4 Å². The first-order valence-electron chi connectivity index (χ1n) is 8.43. The SMILES string of the molecule is CC(=O)N[C@@H](CC(C)C)C(=O)N[C@H](Cc1ccc(C(F)(F)F)cc1)C(N)=O. The van der Waals surface area contributed by atoms with Crippen LogP contribution in [0.3, 0.4) is 0 Å². The van der Waals surface area contributed by atoms with Gasteiger partial charge in [-0.15, -0.1) is 0 Å². The molecule has 0 bridgehead atoms. The third-order valence-electron chi connectivity index (χ3n) is 3.78. The van der Waals surface area contributed by atoms with Crippen LogP contribution >= 0.6 is 0 Å². The molecule has 150 valence electrons. The van der Waals surface area contributed by atoms with E-state index >= 15 is 0 Å². The molecule has 0 aliphatic heterocycles. The minimum absolute atomic E-state index is 0.0618. The van der Waals surface area contributed by atoms with E-state index in [1.54, 1.807) is 0 Å². The topological polar surface area (TPSA) is 101 Å². The Hall–Kier alpha value is -2.58. The molecule has 1 aromatic carbocycles. The number of alkyl halides is 3. The Morgan fingerprint density at radius 2 is 1.59 bits per heavy atom. The van der Waals surface area contributed by atoms with Gasteiger partial charge in [0.05, 0.1) is 5.56 Å². The summed E-state index contributed by atoms with van der Waals surface area (Å²) < 4.78 is 37.8. The number of carbonyl (C=O) groups excluding carboxylic acids is 3. The molecular weight excluding hydrogens is 363 g/mol. The number of amides is 3.